The Bertz CT molecular complexity index is 423. The molecule has 4 heteroatoms. The number of aliphatic carboxylic acids is 1. The molecular formula is C15H21NO3. The van der Waals surface area contributed by atoms with Crippen LogP contribution in [-0.2, 0) is 9.59 Å². The summed E-state index contributed by atoms with van der Waals surface area (Å²) in [5.41, 5.74) is 0. The van der Waals surface area contributed by atoms with Crippen LogP contribution in [0, 0.1) is 29.6 Å². The van der Waals surface area contributed by atoms with Crippen molar-refractivity contribution in [1.29, 1.82) is 0 Å². The molecule has 3 rings (SSSR count). The number of carboxylic acid groups (broad SMARTS) is 1. The van der Waals surface area contributed by atoms with Gasteiger partial charge in [0.05, 0.1) is 11.8 Å². The van der Waals surface area contributed by atoms with Gasteiger partial charge in [0.15, 0.2) is 0 Å². The summed E-state index contributed by atoms with van der Waals surface area (Å²) < 4.78 is 0. The second kappa shape index (κ2) is 4.66. The van der Waals surface area contributed by atoms with Crippen LogP contribution in [0.3, 0.4) is 0 Å². The number of likely N-dealkylation sites (tertiary alicyclic amines) is 1. The molecule has 2 fully saturated rings. The van der Waals surface area contributed by atoms with Gasteiger partial charge in [-0.2, -0.15) is 0 Å². The van der Waals surface area contributed by atoms with E-state index in [-0.39, 0.29) is 23.7 Å². The van der Waals surface area contributed by atoms with Crippen LogP contribution in [0.5, 0.6) is 0 Å². The number of allylic oxidation sites excluding steroid dienone is 2. The first-order valence-corrected chi connectivity index (χ1v) is 7.28. The largest absolute Gasteiger partial charge is 0.481 e. The molecule has 19 heavy (non-hydrogen) atoms. The number of hydrogen-bond donors (Lipinski definition) is 1. The lowest BCUT2D eigenvalue weighted by Gasteiger charge is -2.35. The minimum Gasteiger partial charge on any atom is -0.481 e. The van der Waals surface area contributed by atoms with Crippen molar-refractivity contribution in [2.24, 2.45) is 29.6 Å². The van der Waals surface area contributed by atoms with Gasteiger partial charge in [-0.1, -0.05) is 19.1 Å². The van der Waals surface area contributed by atoms with Crippen molar-refractivity contribution < 1.29 is 14.7 Å². The van der Waals surface area contributed by atoms with Gasteiger partial charge in [0, 0.05) is 13.1 Å². The minimum atomic E-state index is -0.805. The van der Waals surface area contributed by atoms with Gasteiger partial charge >= 0.3 is 5.97 Å². The van der Waals surface area contributed by atoms with Crippen LogP contribution in [-0.4, -0.2) is 35.0 Å². The second-order valence-electron chi connectivity index (χ2n) is 6.35. The molecule has 0 aromatic rings. The number of fused-ring (bicyclic) bond motifs is 2. The Labute approximate surface area is 113 Å². The van der Waals surface area contributed by atoms with E-state index in [9.17, 15) is 14.7 Å². The Morgan fingerprint density at radius 2 is 1.68 bits per heavy atom. The topological polar surface area (TPSA) is 57.6 Å². The molecule has 1 heterocycles. The SMILES string of the molecule is CC1CCN(C(=O)[C@@H]2[C@@H](C(=O)O)[C@@H]3C=C[C@@H]2C3)CC1. The molecule has 4 nitrogen and oxygen atoms in total. The molecule has 0 aromatic heterocycles. The van der Waals surface area contributed by atoms with Crippen molar-refractivity contribution in [3.8, 4) is 0 Å². The Morgan fingerprint density at radius 1 is 1.11 bits per heavy atom. The summed E-state index contributed by atoms with van der Waals surface area (Å²) in [4.78, 5) is 26.0. The van der Waals surface area contributed by atoms with Crippen LogP contribution in [0.25, 0.3) is 0 Å². The van der Waals surface area contributed by atoms with E-state index in [1.807, 2.05) is 11.0 Å². The second-order valence-corrected chi connectivity index (χ2v) is 6.35. The highest BCUT2D eigenvalue weighted by atomic mass is 16.4. The van der Waals surface area contributed by atoms with Crippen molar-refractivity contribution >= 4 is 11.9 Å². The molecular weight excluding hydrogens is 242 g/mol. The zero-order valence-electron chi connectivity index (χ0n) is 11.3. The average Bonchev–Trinajstić information content (AvgIpc) is 2.98. The molecule has 1 saturated heterocycles. The number of nitrogens with zero attached hydrogens (tertiary/aromatic N) is 1. The molecule has 4 atom stereocenters. The Morgan fingerprint density at radius 3 is 2.26 bits per heavy atom. The fraction of sp³-hybridized carbons (Fsp3) is 0.733. The summed E-state index contributed by atoms with van der Waals surface area (Å²) in [5, 5.41) is 9.39. The monoisotopic (exact) mass is 263 g/mol. The third-order valence-electron chi connectivity index (χ3n) is 5.12. The zero-order valence-corrected chi connectivity index (χ0v) is 11.3. The Kier molecular flexibility index (Phi) is 3.11. The van der Waals surface area contributed by atoms with Gasteiger partial charge in [-0.15, -0.1) is 0 Å². The van der Waals surface area contributed by atoms with E-state index >= 15 is 0 Å². The van der Waals surface area contributed by atoms with Gasteiger partial charge in [-0.3, -0.25) is 9.59 Å². The van der Waals surface area contributed by atoms with Crippen LogP contribution < -0.4 is 0 Å². The number of rotatable bonds is 2. The van der Waals surface area contributed by atoms with Crippen LogP contribution in [0.15, 0.2) is 12.2 Å². The van der Waals surface area contributed by atoms with Crippen molar-refractivity contribution in [3.63, 3.8) is 0 Å². The normalized spacial score (nSPS) is 37.8. The zero-order chi connectivity index (χ0) is 13.6. The van der Waals surface area contributed by atoms with E-state index in [0.717, 1.165) is 32.4 Å². The number of piperidine rings is 1. The minimum absolute atomic E-state index is 0.0696. The molecule has 2 aliphatic carbocycles. The summed E-state index contributed by atoms with van der Waals surface area (Å²) in [6.45, 7) is 3.80. The Hall–Kier alpha value is -1.32. The molecule has 0 radical (unpaired) electrons. The van der Waals surface area contributed by atoms with Gasteiger partial charge in [0.2, 0.25) is 5.91 Å². The van der Waals surface area contributed by atoms with Crippen LogP contribution >= 0.6 is 0 Å². The smallest absolute Gasteiger partial charge is 0.307 e. The maximum absolute atomic E-state index is 12.6. The highest BCUT2D eigenvalue weighted by molar-refractivity contribution is 5.87. The Balaban J connectivity index is 1.75. The van der Waals surface area contributed by atoms with E-state index in [0.29, 0.717) is 5.92 Å². The molecule has 2 bridgehead atoms. The molecule has 1 amide bonds. The first-order valence-electron chi connectivity index (χ1n) is 7.28. The lowest BCUT2D eigenvalue weighted by Crippen LogP contribution is -2.45. The maximum Gasteiger partial charge on any atom is 0.307 e. The average molecular weight is 263 g/mol. The highest BCUT2D eigenvalue weighted by Crippen LogP contribution is 2.49. The van der Waals surface area contributed by atoms with E-state index < -0.39 is 11.9 Å². The predicted molar refractivity (Wildman–Crippen MR) is 70.3 cm³/mol. The standard InChI is InChI=1S/C15H21NO3/c1-9-4-6-16(7-5-9)14(17)12-10-2-3-11(8-10)13(12)15(18)19/h2-3,9-13H,4-8H2,1H3,(H,18,19)/t10-,11-,12+,13+/m1/s1. The van der Waals surface area contributed by atoms with Crippen molar-refractivity contribution in [2.45, 2.75) is 26.2 Å². The molecule has 3 aliphatic rings. The van der Waals surface area contributed by atoms with Crippen molar-refractivity contribution in [1.82, 2.24) is 4.90 Å². The third kappa shape index (κ3) is 2.07. The van der Waals surface area contributed by atoms with Gasteiger partial charge < -0.3 is 10.0 Å². The van der Waals surface area contributed by atoms with Crippen LogP contribution in [0.1, 0.15) is 26.2 Å². The van der Waals surface area contributed by atoms with Crippen molar-refractivity contribution in [2.75, 3.05) is 13.1 Å². The van der Waals surface area contributed by atoms with E-state index in [4.69, 9.17) is 0 Å². The van der Waals surface area contributed by atoms with Gasteiger partial charge in [0.25, 0.3) is 0 Å². The molecule has 104 valence electrons. The first kappa shape index (κ1) is 12.7. The van der Waals surface area contributed by atoms with E-state index in [1.165, 1.54) is 0 Å². The number of carboxylic acids is 1. The van der Waals surface area contributed by atoms with Gasteiger partial charge in [-0.25, -0.2) is 0 Å². The number of amides is 1. The third-order valence-corrected chi connectivity index (χ3v) is 5.12. The lowest BCUT2D eigenvalue weighted by molar-refractivity contribution is -0.151. The fourth-order valence-corrected chi connectivity index (χ4v) is 3.94. The first-order chi connectivity index (χ1) is 9.08. The summed E-state index contributed by atoms with van der Waals surface area (Å²) in [7, 11) is 0. The number of hydrogen-bond acceptors (Lipinski definition) is 2. The summed E-state index contributed by atoms with van der Waals surface area (Å²) in [6.07, 6.45) is 6.97. The molecule has 0 unspecified atom stereocenters. The van der Waals surface area contributed by atoms with Gasteiger partial charge in [0.1, 0.15) is 0 Å². The highest BCUT2D eigenvalue weighted by Gasteiger charge is 2.52. The van der Waals surface area contributed by atoms with Crippen LogP contribution in [0.4, 0.5) is 0 Å². The molecule has 1 aliphatic heterocycles. The van der Waals surface area contributed by atoms with Crippen molar-refractivity contribution in [3.05, 3.63) is 12.2 Å². The predicted octanol–water partition coefficient (Wildman–Crippen LogP) is 1.77. The molecule has 0 spiro atoms. The lowest BCUT2D eigenvalue weighted by atomic mass is 9.81. The van der Waals surface area contributed by atoms with Crippen LogP contribution in [0.2, 0.25) is 0 Å². The van der Waals surface area contributed by atoms with E-state index in [1.54, 1.807) is 0 Å². The quantitative estimate of drug-likeness (QED) is 0.772. The molecule has 1 N–H and O–H groups in total. The molecule has 0 aromatic carbocycles. The van der Waals surface area contributed by atoms with E-state index in [2.05, 4.69) is 13.0 Å². The summed E-state index contributed by atoms with van der Waals surface area (Å²) in [6, 6.07) is 0. The maximum atomic E-state index is 12.6. The van der Waals surface area contributed by atoms with Gasteiger partial charge in [-0.05, 0) is 37.0 Å². The number of carbonyl (C=O) groups excluding carboxylic acids is 1. The fourth-order valence-electron chi connectivity index (χ4n) is 3.94. The summed E-state index contributed by atoms with van der Waals surface area (Å²) in [5.74, 6) is -0.642. The number of carbonyl (C=O) groups is 2. The summed E-state index contributed by atoms with van der Waals surface area (Å²) >= 11 is 0. The molecule has 1 saturated carbocycles.